The van der Waals surface area contributed by atoms with Crippen molar-refractivity contribution in [1.82, 2.24) is 5.32 Å². The monoisotopic (exact) mass is 241 g/mol. The number of hydrogen-bond acceptors (Lipinski definition) is 3. The van der Waals surface area contributed by atoms with Gasteiger partial charge in [0.25, 0.3) is 0 Å². The number of hydrogen-bond donors (Lipinski definition) is 3. The fourth-order valence-corrected chi connectivity index (χ4v) is 1.84. The van der Waals surface area contributed by atoms with Gasteiger partial charge in [0.05, 0.1) is 24.0 Å². The van der Waals surface area contributed by atoms with Crippen LogP contribution in [0.15, 0.2) is 12.2 Å². The van der Waals surface area contributed by atoms with Crippen LogP contribution in [0.3, 0.4) is 0 Å². The summed E-state index contributed by atoms with van der Waals surface area (Å²) in [6, 6.07) is 0. The molecule has 1 amide bonds. The molecule has 0 saturated carbocycles. The summed E-state index contributed by atoms with van der Waals surface area (Å²) in [7, 11) is 0. The summed E-state index contributed by atoms with van der Waals surface area (Å²) in [5, 5.41) is 20.8. The van der Waals surface area contributed by atoms with Crippen molar-refractivity contribution in [3.05, 3.63) is 12.2 Å². The molecule has 0 bridgehead atoms. The van der Waals surface area contributed by atoms with Crippen molar-refractivity contribution in [3.63, 3.8) is 0 Å². The first-order valence-corrected chi connectivity index (χ1v) is 5.68. The maximum Gasteiger partial charge on any atom is 0.307 e. The number of aliphatic hydroxyl groups is 1. The van der Waals surface area contributed by atoms with Crippen LogP contribution in [-0.4, -0.2) is 34.2 Å². The Morgan fingerprint density at radius 2 is 1.82 bits per heavy atom. The molecule has 2 unspecified atom stereocenters. The predicted octanol–water partition coefficient (Wildman–Crippen LogP) is 0.541. The summed E-state index contributed by atoms with van der Waals surface area (Å²) < 4.78 is 0. The van der Waals surface area contributed by atoms with Crippen molar-refractivity contribution in [2.75, 3.05) is 6.61 Å². The second kappa shape index (κ2) is 5.31. The smallest absolute Gasteiger partial charge is 0.307 e. The zero-order chi connectivity index (χ0) is 13.1. The van der Waals surface area contributed by atoms with E-state index in [2.05, 4.69) is 5.32 Å². The molecule has 0 aromatic heterocycles. The molecule has 1 rings (SSSR count). The highest BCUT2D eigenvalue weighted by atomic mass is 16.4. The van der Waals surface area contributed by atoms with Gasteiger partial charge in [0.2, 0.25) is 5.91 Å². The van der Waals surface area contributed by atoms with Crippen LogP contribution in [0.25, 0.3) is 0 Å². The van der Waals surface area contributed by atoms with Crippen molar-refractivity contribution >= 4 is 11.9 Å². The average molecular weight is 241 g/mol. The molecule has 5 nitrogen and oxygen atoms in total. The number of carboxylic acids is 1. The van der Waals surface area contributed by atoms with Gasteiger partial charge >= 0.3 is 5.97 Å². The van der Waals surface area contributed by atoms with Crippen molar-refractivity contribution in [3.8, 4) is 0 Å². The lowest BCUT2D eigenvalue weighted by Gasteiger charge is -2.30. The maximum absolute atomic E-state index is 12.0. The van der Waals surface area contributed by atoms with Gasteiger partial charge in [-0.25, -0.2) is 0 Å². The fourth-order valence-electron chi connectivity index (χ4n) is 1.84. The van der Waals surface area contributed by atoms with E-state index < -0.39 is 23.3 Å². The van der Waals surface area contributed by atoms with Crippen LogP contribution >= 0.6 is 0 Å². The quantitative estimate of drug-likeness (QED) is 0.627. The van der Waals surface area contributed by atoms with E-state index in [4.69, 9.17) is 10.2 Å². The first kappa shape index (κ1) is 13.7. The molecular formula is C12H19NO4. The van der Waals surface area contributed by atoms with E-state index >= 15 is 0 Å². The van der Waals surface area contributed by atoms with Gasteiger partial charge in [-0.15, -0.1) is 0 Å². The third-order valence-electron chi connectivity index (χ3n) is 2.94. The van der Waals surface area contributed by atoms with Crippen LogP contribution in [0.2, 0.25) is 0 Å². The first-order chi connectivity index (χ1) is 7.87. The van der Waals surface area contributed by atoms with Crippen LogP contribution in [0.5, 0.6) is 0 Å². The molecule has 0 saturated heterocycles. The normalized spacial score (nSPS) is 24.4. The summed E-state index contributed by atoms with van der Waals surface area (Å²) in [5.74, 6) is -2.48. The molecule has 0 fully saturated rings. The van der Waals surface area contributed by atoms with Crippen LogP contribution < -0.4 is 5.32 Å². The van der Waals surface area contributed by atoms with Crippen LogP contribution in [0, 0.1) is 11.8 Å². The Labute approximate surface area is 101 Å². The highest BCUT2D eigenvalue weighted by molar-refractivity contribution is 5.85. The Balaban J connectivity index is 2.73. The van der Waals surface area contributed by atoms with E-state index in [1.807, 2.05) is 6.08 Å². The molecule has 0 aliphatic heterocycles. The molecule has 0 spiro atoms. The Morgan fingerprint density at radius 1 is 1.29 bits per heavy atom. The minimum Gasteiger partial charge on any atom is -0.481 e. The number of nitrogens with one attached hydrogen (secondary N) is 1. The number of allylic oxidation sites excluding steroid dienone is 2. The Kier molecular flexibility index (Phi) is 4.28. The SMILES string of the molecule is CC(C)(CO)NC(=O)C1CC=CCC1C(=O)O. The number of carboxylic acid groups (broad SMARTS) is 1. The van der Waals surface area contributed by atoms with E-state index in [0.717, 1.165) is 0 Å². The Bertz CT molecular complexity index is 335. The predicted molar refractivity (Wildman–Crippen MR) is 62.3 cm³/mol. The summed E-state index contributed by atoms with van der Waals surface area (Å²) in [6.07, 6.45) is 4.44. The lowest BCUT2D eigenvalue weighted by Crippen LogP contribution is -2.50. The van der Waals surface area contributed by atoms with Crippen LogP contribution in [-0.2, 0) is 9.59 Å². The second-order valence-corrected chi connectivity index (χ2v) is 5.03. The Hall–Kier alpha value is -1.36. The number of aliphatic carboxylic acids is 1. The molecule has 17 heavy (non-hydrogen) atoms. The number of carbonyl (C=O) groups is 2. The van der Waals surface area contributed by atoms with Crippen LogP contribution in [0.4, 0.5) is 0 Å². The fraction of sp³-hybridized carbons (Fsp3) is 0.667. The topological polar surface area (TPSA) is 86.6 Å². The highest BCUT2D eigenvalue weighted by Crippen LogP contribution is 2.26. The van der Waals surface area contributed by atoms with E-state index in [1.54, 1.807) is 19.9 Å². The number of amides is 1. The molecule has 0 heterocycles. The summed E-state index contributed by atoms with van der Waals surface area (Å²) >= 11 is 0. The molecule has 96 valence electrons. The first-order valence-electron chi connectivity index (χ1n) is 5.68. The van der Waals surface area contributed by atoms with Gasteiger partial charge in [-0.1, -0.05) is 12.2 Å². The minimum atomic E-state index is -0.948. The van der Waals surface area contributed by atoms with E-state index in [1.165, 1.54) is 0 Å². The Morgan fingerprint density at radius 3 is 2.29 bits per heavy atom. The maximum atomic E-state index is 12.0. The molecular weight excluding hydrogens is 222 g/mol. The van der Waals surface area contributed by atoms with E-state index in [-0.39, 0.29) is 12.5 Å². The van der Waals surface area contributed by atoms with Gasteiger partial charge in [0, 0.05) is 0 Å². The molecule has 1 aliphatic carbocycles. The third-order valence-corrected chi connectivity index (χ3v) is 2.94. The molecule has 5 heteroatoms. The lowest BCUT2D eigenvalue weighted by molar-refractivity contribution is -0.147. The molecule has 1 aliphatic rings. The van der Waals surface area contributed by atoms with Gasteiger partial charge in [-0.2, -0.15) is 0 Å². The van der Waals surface area contributed by atoms with Crippen LogP contribution in [0.1, 0.15) is 26.7 Å². The summed E-state index contributed by atoms with van der Waals surface area (Å²) in [6.45, 7) is 3.21. The van der Waals surface area contributed by atoms with Gasteiger partial charge in [0.15, 0.2) is 0 Å². The zero-order valence-corrected chi connectivity index (χ0v) is 10.1. The second-order valence-electron chi connectivity index (χ2n) is 5.03. The van der Waals surface area contributed by atoms with Crippen molar-refractivity contribution < 1.29 is 19.8 Å². The largest absolute Gasteiger partial charge is 0.481 e. The number of carbonyl (C=O) groups excluding carboxylic acids is 1. The molecule has 3 N–H and O–H groups in total. The minimum absolute atomic E-state index is 0.182. The third kappa shape index (κ3) is 3.56. The molecule has 0 aromatic rings. The molecule has 0 aromatic carbocycles. The summed E-state index contributed by atoms with van der Waals surface area (Å²) in [5.41, 5.74) is -0.721. The van der Waals surface area contributed by atoms with Gasteiger partial charge < -0.3 is 15.5 Å². The highest BCUT2D eigenvalue weighted by Gasteiger charge is 2.35. The average Bonchev–Trinajstić information content (AvgIpc) is 2.28. The molecule has 2 atom stereocenters. The number of aliphatic hydroxyl groups excluding tert-OH is 1. The summed E-state index contributed by atoms with van der Waals surface area (Å²) in [4.78, 5) is 23.0. The van der Waals surface area contributed by atoms with Crippen molar-refractivity contribution in [2.24, 2.45) is 11.8 Å². The van der Waals surface area contributed by atoms with Gasteiger partial charge in [-0.3, -0.25) is 9.59 Å². The van der Waals surface area contributed by atoms with E-state index in [9.17, 15) is 9.59 Å². The van der Waals surface area contributed by atoms with Crippen molar-refractivity contribution in [2.45, 2.75) is 32.2 Å². The van der Waals surface area contributed by atoms with E-state index in [0.29, 0.717) is 12.8 Å². The number of rotatable bonds is 4. The van der Waals surface area contributed by atoms with Crippen molar-refractivity contribution in [1.29, 1.82) is 0 Å². The molecule has 0 radical (unpaired) electrons. The standard InChI is InChI=1S/C12H19NO4/c1-12(2,7-14)13-10(15)8-5-3-4-6-9(8)11(16)17/h3-4,8-9,14H,5-7H2,1-2H3,(H,13,15)(H,16,17). The van der Waals surface area contributed by atoms with Gasteiger partial charge in [-0.05, 0) is 26.7 Å². The zero-order valence-electron chi connectivity index (χ0n) is 10.1. The lowest BCUT2D eigenvalue weighted by atomic mass is 9.82. The van der Waals surface area contributed by atoms with Gasteiger partial charge in [0.1, 0.15) is 0 Å².